The quantitative estimate of drug-likeness (QED) is 0.410. The Bertz CT molecular complexity index is 1240. The number of carbonyl (C=O) groups is 1. The molecule has 1 aliphatic rings. The van der Waals surface area contributed by atoms with E-state index in [0.29, 0.717) is 11.6 Å². The maximum Gasteiger partial charge on any atom is 0.326 e. The molecule has 0 aliphatic heterocycles. The summed E-state index contributed by atoms with van der Waals surface area (Å²) in [5.74, 6) is 1.21. The lowest BCUT2D eigenvalue weighted by molar-refractivity contribution is -0.113. The highest BCUT2D eigenvalue weighted by atomic mass is 32.2. The maximum atomic E-state index is 12.5. The van der Waals surface area contributed by atoms with Gasteiger partial charge in [0.2, 0.25) is 5.91 Å². The first-order chi connectivity index (χ1) is 14.4. The normalized spacial score (nSPS) is 15.9. The number of anilines is 1. The SMILES string of the molecule is CCc1nc(SCC(=O)Nc2c(C)[nH]c(=O)[nH]c2=O)c2c3c(sc2n1)CC(C)CC3. The molecule has 0 fully saturated rings. The monoisotopic (exact) mass is 445 g/mol. The van der Waals surface area contributed by atoms with Gasteiger partial charge in [0, 0.05) is 22.4 Å². The lowest BCUT2D eigenvalue weighted by Gasteiger charge is -2.18. The molecule has 0 radical (unpaired) electrons. The van der Waals surface area contributed by atoms with Crippen molar-refractivity contribution in [2.24, 2.45) is 5.92 Å². The Morgan fingerprint density at radius 3 is 2.83 bits per heavy atom. The third-order valence-electron chi connectivity index (χ3n) is 5.22. The zero-order valence-corrected chi connectivity index (χ0v) is 18.7. The number of aromatic nitrogens is 4. The van der Waals surface area contributed by atoms with E-state index < -0.39 is 11.2 Å². The predicted molar refractivity (Wildman–Crippen MR) is 120 cm³/mol. The van der Waals surface area contributed by atoms with Crippen LogP contribution in [-0.2, 0) is 24.1 Å². The van der Waals surface area contributed by atoms with E-state index in [-0.39, 0.29) is 17.3 Å². The zero-order valence-electron chi connectivity index (χ0n) is 17.0. The molecule has 0 bridgehead atoms. The Morgan fingerprint density at radius 2 is 2.10 bits per heavy atom. The molecule has 1 unspecified atom stereocenters. The highest BCUT2D eigenvalue weighted by Gasteiger charge is 2.24. The Hall–Kier alpha value is -2.46. The molecular formula is C20H23N5O3S2. The third-order valence-corrected chi connectivity index (χ3v) is 7.34. The summed E-state index contributed by atoms with van der Waals surface area (Å²) in [6.45, 7) is 5.86. The molecule has 3 aromatic heterocycles. The zero-order chi connectivity index (χ0) is 21.4. The van der Waals surface area contributed by atoms with Crippen LogP contribution in [0.1, 0.15) is 42.2 Å². The largest absolute Gasteiger partial charge is 0.326 e. The smallest absolute Gasteiger partial charge is 0.319 e. The van der Waals surface area contributed by atoms with Crippen LogP contribution < -0.4 is 16.6 Å². The van der Waals surface area contributed by atoms with Crippen molar-refractivity contribution in [3.63, 3.8) is 0 Å². The van der Waals surface area contributed by atoms with Gasteiger partial charge in [-0.25, -0.2) is 14.8 Å². The van der Waals surface area contributed by atoms with E-state index in [1.807, 2.05) is 6.92 Å². The Labute approximate surface area is 180 Å². The summed E-state index contributed by atoms with van der Waals surface area (Å²) in [7, 11) is 0. The molecule has 3 N–H and O–H groups in total. The van der Waals surface area contributed by atoms with E-state index in [9.17, 15) is 14.4 Å². The maximum absolute atomic E-state index is 12.5. The van der Waals surface area contributed by atoms with Gasteiger partial charge in [-0.2, -0.15) is 0 Å². The Balaban J connectivity index is 1.60. The van der Waals surface area contributed by atoms with Gasteiger partial charge >= 0.3 is 5.69 Å². The van der Waals surface area contributed by atoms with Crippen molar-refractivity contribution in [1.82, 2.24) is 19.9 Å². The van der Waals surface area contributed by atoms with E-state index >= 15 is 0 Å². The van der Waals surface area contributed by atoms with E-state index in [1.165, 1.54) is 22.2 Å². The summed E-state index contributed by atoms with van der Waals surface area (Å²) in [6, 6.07) is 0. The van der Waals surface area contributed by atoms with Gasteiger partial charge in [-0.3, -0.25) is 14.6 Å². The second-order valence-corrected chi connectivity index (χ2v) is 9.62. The van der Waals surface area contributed by atoms with Crippen molar-refractivity contribution in [3.05, 3.63) is 42.8 Å². The first kappa shape index (κ1) is 20.8. The molecule has 1 aliphatic carbocycles. The van der Waals surface area contributed by atoms with Gasteiger partial charge in [-0.05, 0) is 37.7 Å². The summed E-state index contributed by atoms with van der Waals surface area (Å²) in [6.07, 6.45) is 3.95. The Morgan fingerprint density at radius 1 is 1.30 bits per heavy atom. The lowest BCUT2D eigenvalue weighted by atomic mass is 9.89. The molecule has 0 spiro atoms. The fourth-order valence-electron chi connectivity index (χ4n) is 3.67. The number of H-pyrrole nitrogens is 2. The average Bonchev–Trinajstić information content (AvgIpc) is 3.06. The van der Waals surface area contributed by atoms with Crippen LogP contribution in [-0.4, -0.2) is 31.6 Å². The van der Waals surface area contributed by atoms with Crippen LogP contribution in [0.3, 0.4) is 0 Å². The number of rotatable bonds is 5. The number of nitrogens with zero attached hydrogens (tertiary/aromatic N) is 2. The fraction of sp³-hybridized carbons (Fsp3) is 0.450. The lowest BCUT2D eigenvalue weighted by Crippen LogP contribution is -2.29. The van der Waals surface area contributed by atoms with Crippen molar-refractivity contribution in [3.8, 4) is 0 Å². The van der Waals surface area contributed by atoms with Gasteiger partial charge in [0.15, 0.2) is 0 Å². The second-order valence-electron chi connectivity index (χ2n) is 7.58. The van der Waals surface area contributed by atoms with E-state index in [1.54, 1.807) is 18.3 Å². The molecule has 0 aromatic carbocycles. The van der Waals surface area contributed by atoms with Gasteiger partial charge in [0.05, 0.1) is 5.75 Å². The van der Waals surface area contributed by atoms with Crippen molar-refractivity contribution in [1.29, 1.82) is 0 Å². The molecule has 1 amide bonds. The third kappa shape index (κ3) is 4.06. The number of hydrogen-bond acceptors (Lipinski definition) is 7. The summed E-state index contributed by atoms with van der Waals surface area (Å²) >= 11 is 3.10. The van der Waals surface area contributed by atoms with Gasteiger partial charge < -0.3 is 10.3 Å². The summed E-state index contributed by atoms with van der Waals surface area (Å²) in [5.41, 5.74) is 0.488. The van der Waals surface area contributed by atoms with E-state index in [2.05, 4.69) is 22.2 Å². The standard InChI is InChI=1S/C20H23N5O3S2/c1-4-13-22-18(15-11-6-5-9(2)7-12(11)30-19(15)23-13)29-8-14(26)24-16-10(3)21-20(28)25-17(16)27/h9H,4-8H2,1-3H3,(H,24,26)(H2,21,25,27,28). The topological polar surface area (TPSA) is 121 Å². The number of fused-ring (bicyclic) bond motifs is 3. The van der Waals surface area contributed by atoms with Gasteiger partial charge in [-0.1, -0.05) is 25.6 Å². The molecule has 1 atom stereocenters. The van der Waals surface area contributed by atoms with Crippen LogP contribution in [0.4, 0.5) is 5.69 Å². The summed E-state index contributed by atoms with van der Waals surface area (Å²) < 4.78 is 0. The molecule has 8 nitrogen and oxygen atoms in total. The first-order valence-corrected chi connectivity index (χ1v) is 11.7. The van der Waals surface area contributed by atoms with Crippen molar-refractivity contribution >= 4 is 44.9 Å². The molecule has 30 heavy (non-hydrogen) atoms. The highest BCUT2D eigenvalue weighted by molar-refractivity contribution is 8.00. The minimum absolute atomic E-state index is 0.0594. The number of nitrogens with one attached hydrogen (secondary N) is 3. The molecule has 4 rings (SSSR count). The molecule has 3 heterocycles. The molecular weight excluding hydrogens is 422 g/mol. The molecule has 158 valence electrons. The number of aryl methyl sites for hydroxylation is 3. The molecule has 10 heteroatoms. The Kier molecular flexibility index (Phi) is 5.79. The molecule has 0 saturated carbocycles. The van der Waals surface area contributed by atoms with Crippen LogP contribution in [0.2, 0.25) is 0 Å². The van der Waals surface area contributed by atoms with E-state index in [0.717, 1.165) is 46.8 Å². The minimum atomic E-state index is -0.617. The van der Waals surface area contributed by atoms with Crippen LogP contribution >= 0.6 is 23.1 Å². The van der Waals surface area contributed by atoms with Crippen molar-refractivity contribution in [2.75, 3.05) is 11.1 Å². The van der Waals surface area contributed by atoms with E-state index in [4.69, 9.17) is 9.97 Å². The number of thioether (sulfide) groups is 1. The van der Waals surface area contributed by atoms with Crippen LogP contribution in [0, 0.1) is 12.8 Å². The van der Waals surface area contributed by atoms with Gasteiger partial charge in [0.1, 0.15) is 21.4 Å². The van der Waals surface area contributed by atoms with Crippen molar-refractivity contribution in [2.45, 2.75) is 51.5 Å². The summed E-state index contributed by atoms with van der Waals surface area (Å²) in [5, 5.41) is 4.50. The van der Waals surface area contributed by atoms with Crippen LogP contribution in [0.15, 0.2) is 14.6 Å². The minimum Gasteiger partial charge on any atom is -0.319 e. The predicted octanol–water partition coefficient (Wildman–Crippen LogP) is 2.79. The first-order valence-electron chi connectivity index (χ1n) is 9.92. The van der Waals surface area contributed by atoms with Crippen LogP contribution in [0.5, 0.6) is 0 Å². The van der Waals surface area contributed by atoms with Gasteiger partial charge in [0.25, 0.3) is 5.56 Å². The number of aromatic amines is 2. The van der Waals surface area contributed by atoms with Crippen LogP contribution in [0.25, 0.3) is 10.2 Å². The number of thiophene rings is 1. The fourth-order valence-corrected chi connectivity index (χ4v) is 6.01. The number of amides is 1. The average molecular weight is 446 g/mol. The molecule has 3 aromatic rings. The summed E-state index contributed by atoms with van der Waals surface area (Å²) in [4.78, 5) is 52.2. The van der Waals surface area contributed by atoms with Crippen molar-refractivity contribution < 1.29 is 4.79 Å². The number of carbonyl (C=O) groups excluding carboxylic acids is 1. The highest BCUT2D eigenvalue weighted by Crippen LogP contribution is 2.41. The molecule has 0 saturated heterocycles. The second kappa shape index (κ2) is 8.35. The van der Waals surface area contributed by atoms with Gasteiger partial charge in [-0.15, -0.1) is 11.3 Å². The number of hydrogen-bond donors (Lipinski definition) is 3.